The predicted octanol–water partition coefficient (Wildman–Crippen LogP) is 0.544. The molecule has 0 aliphatic rings. The van der Waals surface area contributed by atoms with Gasteiger partial charge in [-0.15, -0.1) is 10.2 Å². The summed E-state index contributed by atoms with van der Waals surface area (Å²) < 4.78 is 25.0. The van der Waals surface area contributed by atoms with E-state index in [-0.39, 0.29) is 0 Å². The highest BCUT2D eigenvalue weighted by Crippen LogP contribution is 2.14. The van der Waals surface area contributed by atoms with E-state index in [1.807, 2.05) is 0 Å². The van der Waals surface area contributed by atoms with Crippen molar-refractivity contribution in [1.82, 2.24) is 10.2 Å². The summed E-state index contributed by atoms with van der Waals surface area (Å²) in [5.41, 5.74) is 6.28. The molecule has 1 aromatic rings. The summed E-state index contributed by atoms with van der Waals surface area (Å²) in [6, 6.07) is 0. The van der Waals surface area contributed by atoms with E-state index in [1.54, 1.807) is 0 Å². The van der Waals surface area contributed by atoms with Crippen LogP contribution in [0.2, 0.25) is 0 Å². The van der Waals surface area contributed by atoms with Crippen LogP contribution in [-0.4, -0.2) is 29.2 Å². The van der Waals surface area contributed by atoms with Crippen molar-refractivity contribution >= 4 is 16.5 Å². The van der Waals surface area contributed by atoms with Gasteiger partial charge in [-0.05, 0) is 0 Å². The summed E-state index contributed by atoms with van der Waals surface area (Å²) in [5.74, 6) is -2.88. The molecule has 0 aromatic carbocycles. The van der Waals surface area contributed by atoms with Crippen molar-refractivity contribution in [2.45, 2.75) is 5.92 Å². The average Bonchev–Trinajstić information content (AvgIpc) is 2.53. The minimum absolute atomic E-state index is 0.378. The van der Waals surface area contributed by atoms with Crippen molar-refractivity contribution in [2.24, 2.45) is 5.73 Å². The van der Waals surface area contributed by atoms with Crippen LogP contribution >= 0.6 is 11.3 Å². The van der Waals surface area contributed by atoms with Crippen LogP contribution < -0.4 is 11.1 Å². The first-order valence-electron chi connectivity index (χ1n) is 3.22. The first-order valence-corrected chi connectivity index (χ1v) is 4.10. The number of halogens is 2. The summed E-state index contributed by atoms with van der Waals surface area (Å²) >= 11 is 1.17. The molecule has 3 N–H and O–H groups in total. The van der Waals surface area contributed by atoms with Crippen LogP contribution in [0.25, 0.3) is 0 Å². The van der Waals surface area contributed by atoms with Gasteiger partial charge in [0.2, 0.25) is 5.13 Å². The third kappa shape index (κ3) is 2.67. The maximum Gasteiger partial charge on any atom is 0.276 e. The van der Waals surface area contributed by atoms with Crippen LogP contribution in [0.5, 0.6) is 0 Å². The van der Waals surface area contributed by atoms with Crippen LogP contribution in [0.3, 0.4) is 0 Å². The van der Waals surface area contributed by atoms with Crippen molar-refractivity contribution in [3.8, 4) is 0 Å². The molecular weight excluding hydrogens is 186 g/mol. The van der Waals surface area contributed by atoms with E-state index in [9.17, 15) is 8.78 Å². The molecule has 0 bridgehead atoms. The number of nitrogens with two attached hydrogens (primary N) is 1. The Morgan fingerprint density at radius 3 is 2.92 bits per heavy atom. The van der Waals surface area contributed by atoms with E-state index in [0.29, 0.717) is 5.13 Å². The molecule has 12 heavy (non-hydrogen) atoms. The number of nitrogens with zero attached hydrogens (tertiary/aromatic N) is 2. The molecule has 0 saturated heterocycles. The quantitative estimate of drug-likeness (QED) is 0.734. The van der Waals surface area contributed by atoms with E-state index in [2.05, 4.69) is 15.5 Å². The summed E-state index contributed by atoms with van der Waals surface area (Å²) in [6.45, 7) is -1.17. The first kappa shape index (κ1) is 9.27. The fourth-order valence-electron chi connectivity index (χ4n) is 0.527. The molecule has 0 aliphatic heterocycles. The monoisotopic (exact) mass is 194 g/mol. The summed E-state index contributed by atoms with van der Waals surface area (Å²) in [4.78, 5) is 0. The van der Waals surface area contributed by atoms with Crippen LogP contribution in [0.15, 0.2) is 5.51 Å². The minimum Gasteiger partial charge on any atom is -0.354 e. The maximum absolute atomic E-state index is 12.5. The number of rotatable bonds is 4. The lowest BCUT2D eigenvalue weighted by Gasteiger charge is -2.13. The zero-order valence-electron chi connectivity index (χ0n) is 6.13. The molecule has 0 unspecified atom stereocenters. The van der Waals surface area contributed by atoms with Gasteiger partial charge in [0.15, 0.2) is 0 Å². The third-order valence-electron chi connectivity index (χ3n) is 1.16. The smallest absolute Gasteiger partial charge is 0.276 e. The molecule has 68 valence electrons. The fourth-order valence-corrected chi connectivity index (χ4v) is 0.971. The molecular formula is C5H8F2N4S. The molecule has 0 atom stereocenters. The Labute approximate surface area is 71.8 Å². The van der Waals surface area contributed by atoms with E-state index in [0.717, 1.165) is 0 Å². The van der Waals surface area contributed by atoms with Gasteiger partial charge < -0.3 is 11.1 Å². The van der Waals surface area contributed by atoms with Gasteiger partial charge >= 0.3 is 0 Å². The van der Waals surface area contributed by atoms with E-state index in [1.165, 1.54) is 16.8 Å². The van der Waals surface area contributed by atoms with E-state index >= 15 is 0 Å². The number of alkyl halides is 2. The molecule has 7 heteroatoms. The highest BCUT2D eigenvalue weighted by atomic mass is 32.1. The van der Waals surface area contributed by atoms with Crippen molar-refractivity contribution < 1.29 is 8.78 Å². The molecule has 0 amide bonds. The molecule has 0 radical (unpaired) electrons. The van der Waals surface area contributed by atoms with Crippen molar-refractivity contribution in [3.05, 3.63) is 5.51 Å². The van der Waals surface area contributed by atoms with Gasteiger partial charge in [0.25, 0.3) is 5.92 Å². The maximum atomic E-state index is 12.5. The number of aromatic nitrogens is 2. The summed E-state index contributed by atoms with van der Waals surface area (Å²) in [6.07, 6.45) is 0. The van der Waals surface area contributed by atoms with Crippen LogP contribution in [0, 0.1) is 0 Å². The molecule has 0 aliphatic carbocycles. The molecule has 1 aromatic heterocycles. The van der Waals surface area contributed by atoms with Crippen molar-refractivity contribution in [3.63, 3.8) is 0 Å². The highest BCUT2D eigenvalue weighted by molar-refractivity contribution is 7.13. The Hall–Kier alpha value is -0.820. The van der Waals surface area contributed by atoms with Gasteiger partial charge in [-0.1, -0.05) is 11.3 Å². The fraction of sp³-hybridized carbons (Fsp3) is 0.600. The van der Waals surface area contributed by atoms with Crippen LogP contribution in [-0.2, 0) is 0 Å². The van der Waals surface area contributed by atoms with Crippen molar-refractivity contribution in [1.29, 1.82) is 0 Å². The zero-order valence-corrected chi connectivity index (χ0v) is 6.94. The van der Waals surface area contributed by atoms with Crippen LogP contribution in [0.1, 0.15) is 0 Å². The van der Waals surface area contributed by atoms with E-state index < -0.39 is 19.0 Å². The Kier molecular flexibility index (Phi) is 2.88. The lowest BCUT2D eigenvalue weighted by atomic mass is 10.3. The normalized spacial score (nSPS) is 11.6. The van der Waals surface area contributed by atoms with Gasteiger partial charge in [-0.2, -0.15) is 0 Å². The molecule has 1 rings (SSSR count). The standard InChI is InChI=1S/C5H8F2N4S/c6-5(7,1-8)2-9-4-11-10-3-12-4/h3H,1-2,8H2,(H,9,11). The van der Waals surface area contributed by atoms with Crippen LogP contribution in [0.4, 0.5) is 13.9 Å². The number of hydrogen-bond acceptors (Lipinski definition) is 5. The molecule has 0 spiro atoms. The highest BCUT2D eigenvalue weighted by Gasteiger charge is 2.26. The number of hydrogen-bond donors (Lipinski definition) is 2. The second-order valence-electron chi connectivity index (χ2n) is 2.16. The third-order valence-corrected chi connectivity index (χ3v) is 1.81. The van der Waals surface area contributed by atoms with Gasteiger partial charge in [0.05, 0.1) is 13.1 Å². The second-order valence-corrected chi connectivity index (χ2v) is 2.99. The first-order chi connectivity index (χ1) is 5.64. The second kappa shape index (κ2) is 3.72. The minimum atomic E-state index is -2.88. The largest absolute Gasteiger partial charge is 0.354 e. The van der Waals surface area contributed by atoms with Gasteiger partial charge in [-0.3, -0.25) is 0 Å². The lowest BCUT2D eigenvalue weighted by Crippen LogP contribution is -2.35. The van der Waals surface area contributed by atoms with Gasteiger partial charge in [0.1, 0.15) is 5.51 Å². The Balaban J connectivity index is 2.36. The Morgan fingerprint density at radius 2 is 2.42 bits per heavy atom. The van der Waals surface area contributed by atoms with Crippen molar-refractivity contribution in [2.75, 3.05) is 18.4 Å². The summed E-state index contributed by atoms with van der Waals surface area (Å²) in [5, 5.41) is 9.82. The summed E-state index contributed by atoms with van der Waals surface area (Å²) in [7, 11) is 0. The topological polar surface area (TPSA) is 63.8 Å². The van der Waals surface area contributed by atoms with E-state index in [4.69, 9.17) is 5.73 Å². The Bertz CT molecular complexity index is 225. The molecule has 0 fully saturated rings. The number of nitrogens with one attached hydrogen (secondary N) is 1. The average molecular weight is 194 g/mol. The van der Waals surface area contributed by atoms with Gasteiger partial charge in [-0.25, -0.2) is 8.78 Å². The molecule has 1 heterocycles. The zero-order chi connectivity index (χ0) is 9.03. The predicted molar refractivity (Wildman–Crippen MR) is 42.4 cm³/mol. The van der Waals surface area contributed by atoms with Gasteiger partial charge in [0, 0.05) is 0 Å². The lowest BCUT2D eigenvalue weighted by molar-refractivity contribution is 0.0254. The molecule has 4 nitrogen and oxygen atoms in total. The molecule has 0 saturated carbocycles. The number of anilines is 1. The SMILES string of the molecule is NCC(F)(F)CNc1nncs1. The Morgan fingerprint density at radius 1 is 1.67 bits per heavy atom.